The molecule has 0 radical (unpaired) electrons. The summed E-state index contributed by atoms with van der Waals surface area (Å²) >= 11 is 1.42. The molecule has 1 aromatic carbocycles. The predicted octanol–water partition coefficient (Wildman–Crippen LogP) is 3.30. The van der Waals surface area contributed by atoms with E-state index in [-0.39, 0.29) is 5.91 Å². The third-order valence-electron chi connectivity index (χ3n) is 4.42. The Balaban J connectivity index is 1.47. The molecule has 7 nitrogen and oxygen atoms in total. The molecule has 0 unspecified atom stereocenters. The zero-order valence-electron chi connectivity index (χ0n) is 15.4. The van der Waals surface area contributed by atoms with Gasteiger partial charge in [0.15, 0.2) is 0 Å². The van der Waals surface area contributed by atoms with Crippen molar-refractivity contribution < 1.29 is 14.3 Å². The van der Waals surface area contributed by atoms with Crippen LogP contribution in [-0.4, -0.2) is 49.3 Å². The third-order valence-corrected chi connectivity index (χ3v) is 5.31. The number of anilines is 2. The summed E-state index contributed by atoms with van der Waals surface area (Å²) in [6.45, 7) is 3.13. The van der Waals surface area contributed by atoms with Crippen LogP contribution in [0.4, 0.5) is 11.5 Å². The fourth-order valence-electron chi connectivity index (χ4n) is 2.94. The average molecular weight is 396 g/mol. The number of benzene rings is 1. The van der Waals surface area contributed by atoms with E-state index >= 15 is 0 Å². The number of nitrogens with zero attached hydrogens (tertiary/aromatic N) is 3. The highest BCUT2D eigenvalue weighted by Gasteiger charge is 2.16. The second-order valence-electron chi connectivity index (χ2n) is 6.20. The Morgan fingerprint density at radius 3 is 2.79 bits per heavy atom. The van der Waals surface area contributed by atoms with Crippen LogP contribution >= 0.6 is 11.3 Å². The molecule has 0 atom stereocenters. The highest BCUT2D eigenvalue weighted by atomic mass is 32.1. The van der Waals surface area contributed by atoms with Gasteiger partial charge in [-0.1, -0.05) is 12.1 Å². The first-order valence-electron chi connectivity index (χ1n) is 8.93. The largest absolute Gasteiger partial charge is 0.495 e. The molecule has 0 bridgehead atoms. The number of pyridine rings is 1. The number of methoxy groups -OCH3 is 1. The summed E-state index contributed by atoms with van der Waals surface area (Å²) in [4.78, 5) is 23.7. The number of carbonyl (C=O) groups excluding carboxylic acids is 1. The maximum Gasteiger partial charge on any atom is 0.275 e. The summed E-state index contributed by atoms with van der Waals surface area (Å²) in [7, 11) is 1.57. The van der Waals surface area contributed by atoms with E-state index in [1.54, 1.807) is 30.8 Å². The summed E-state index contributed by atoms with van der Waals surface area (Å²) in [6.07, 6.45) is 1.80. The molecule has 0 saturated carbocycles. The summed E-state index contributed by atoms with van der Waals surface area (Å²) in [5.41, 5.74) is 1.86. The van der Waals surface area contributed by atoms with Crippen LogP contribution in [0.3, 0.4) is 0 Å². The van der Waals surface area contributed by atoms with Crippen molar-refractivity contribution in [1.82, 2.24) is 9.97 Å². The van der Waals surface area contributed by atoms with Crippen molar-refractivity contribution in [2.45, 2.75) is 0 Å². The number of ether oxygens (including phenoxy) is 2. The Morgan fingerprint density at radius 1 is 1.21 bits per heavy atom. The minimum atomic E-state index is -0.273. The van der Waals surface area contributed by atoms with E-state index in [1.165, 1.54) is 11.3 Å². The Labute approximate surface area is 167 Å². The van der Waals surface area contributed by atoms with E-state index in [0.29, 0.717) is 17.1 Å². The fourth-order valence-corrected chi connectivity index (χ4v) is 3.73. The Morgan fingerprint density at radius 2 is 2.04 bits per heavy atom. The van der Waals surface area contributed by atoms with Crippen LogP contribution in [0.15, 0.2) is 48.0 Å². The molecule has 1 aliphatic rings. The second kappa shape index (κ2) is 8.37. The number of carbonyl (C=O) groups is 1. The molecule has 3 aromatic rings. The first-order valence-corrected chi connectivity index (χ1v) is 9.81. The van der Waals surface area contributed by atoms with Crippen molar-refractivity contribution in [2.75, 3.05) is 43.6 Å². The van der Waals surface area contributed by atoms with Crippen LogP contribution < -0.4 is 15.0 Å². The van der Waals surface area contributed by atoms with Gasteiger partial charge in [0.2, 0.25) is 0 Å². The molecule has 0 spiro atoms. The van der Waals surface area contributed by atoms with E-state index in [9.17, 15) is 4.79 Å². The fraction of sp³-hybridized carbons (Fsp3) is 0.250. The van der Waals surface area contributed by atoms with Crippen molar-refractivity contribution in [3.05, 3.63) is 53.7 Å². The minimum Gasteiger partial charge on any atom is -0.495 e. The van der Waals surface area contributed by atoms with E-state index in [1.807, 2.05) is 24.3 Å². The highest BCUT2D eigenvalue weighted by molar-refractivity contribution is 7.13. The molecule has 2 aromatic heterocycles. The van der Waals surface area contributed by atoms with Gasteiger partial charge in [0.25, 0.3) is 5.91 Å². The van der Waals surface area contributed by atoms with Gasteiger partial charge in [0, 0.05) is 30.2 Å². The summed E-state index contributed by atoms with van der Waals surface area (Å²) < 4.78 is 10.6. The van der Waals surface area contributed by atoms with Crippen LogP contribution in [0.1, 0.15) is 10.5 Å². The number of aromatic nitrogens is 2. The number of nitrogens with one attached hydrogen (secondary N) is 1. The zero-order chi connectivity index (χ0) is 19.3. The Hall–Kier alpha value is -2.97. The summed E-state index contributed by atoms with van der Waals surface area (Å²) in [6, 6.07) is 11.2. The van der Waals surface area contributed by atoms with Crippen LogP contribution in [0.2, 0.25) is 0 Å². The standard InChI is InChI=1S/C20H20N4O3S/c1-26-17-5-3-2-4-15(17)22-19(25)16-13-28-20(23-16)14-6-7-18(21-12-14)24-8-10-27-11-9-24/h2-7,12-13H,8-11H2,1H3,(H,22,25). The van der Waals surface area contributed by atoms with Gasteiger partial charge in [-0.15, -0.1) is 11.3 Å². The maximum atomic E-state index is 12.5. The lowest BCUT2D eigenvalue weighted by molar-refractivity contribution is 0.102. The molecule has 1 amide bonds. The van der Waals surface area contributed by atoms with Gasteiger partial charge in [0.1, 0.15) is 22.3 Å². The van der Waals surface area contributed by atoms with Gasteiger partial charge in [0.05, 0.1) is 26.0 Å². The molecular formula is C20H20N4O3S. The predicted molar refractivity (Wildman–Crippen MR) is 109 cm³/mol. The molecule has 0 aliphatic carbocycles. The van der Waals surface area contributed by atoms with Gasteiger partial charge < -0.3 is 19.7 Å². The van der Waals surface area contributed by atoms with Crippen molar-refractivity contribution >= 4 is 28.7 Å². The molecule has 1 fully saturated rings. The molecule has 1 aliphatic heterocycles. The van der Waals surface area contributed by atoms with Crippen molar-refractivity contribution in [2.24, 2.45) is 0 Å². The first kappa shape index (κ1) is 18.4. The van der Waals surface area contributed by atoms with Gasteiger partial charge in [-0.25, -0.2) is 9.97 Å². The number of rotatable bonds is 5. The van der Waals surface area contributed by atoms with E-state index in [4.69, 9.17) is 9.47 Å². The third kappa shape index (κ3) is 3.97. The van der Waals surface area contributed by atoms with Crippen LogP contribution in [-0.2, 0) is 4.74 Å². The molecule has 8 heteroatoms. The van der Waals surface area contributed by atoms with Crippen LogP contribution in [0.25, 0.3) is 10.6 Å². The van der Waals surface area contributed by atoms with Gasteiger partial charge in [-0.2, -0.15) is 0 Å². The maximum absolute atomic E-state index is 12.5. The zero-order valence-corrected chi connectivity index (χ0v) is 16.2. The molecule has 3 heterocycles. The van der Waals surface area contributed by atoms with Crippen LogP contribution in [0, 0.1) is 0 Å². The lowest BCUT2D eigenvalue weighted by Gasteiger charge is -2.27. The number of morpholine rings is 1. The van der Waals surface area contributed by atoms with Gasteiger partial charge in [-0.3, -0.25) is 4.79 Å². The number of thiazole rings is 1. The highest BCUT2D eigenvalue weighted by Crippen LogP contribution is 2.27. The minimum absolute atomic E-state index is 0.273. The molecule has 1 saturated heterocycles. The lowest BCUT2D eigenvalue weighted by Crippen LogP contribution is -2.36. The topological polar surface area (TPSA) is 76.6 Å². The monoisotopic (exact) mass is 396 g/mol. The molecule has 4 rings (SSSR count). The average Bonchev–Trinajstić information content (AvgIpc) is 3.25. The molecule has 144 valence electrons. The van der Waals surface area contributed by atoms with E-state index in [2.05, 4.69) is 20.2 Å². The van der Waals surface area contributed by atoms with Gasteiger partial charge >= 0.3 is 0 Å². The van der Waals surface area contributed by atoms with Crippen LogP contribution in [0.5, 0.6) is 5.75 Å². The number of hydrogen-bond acceptors (Lipinski definition) is 7. The van der Waals surface area contributed by atoms with Crippen molar-refractivity contribution in [3.8, 4) is 16.3 Å². The summed E-state index contributed by atoms with van der Waals surface area (Å²) in [5.74, 6) is 1.26. The first-order chi connectivity index (χ1) is 13.7. The normalized spacial score (nSPS) is 14.0. The number of amides is 1. The smallest absolute Gasteiger partial charge is 0.275 e. The quantitative estimate of drug-likeness (QED) is 0.713. The second-order valence-corrected chi connectivity index (χ2v) is 7.05. The number of para-hydroxylation sites is 2. The van der Waals surface area contributed by atoms with E-state index < -0.39 is 0 Å². The number of hydrogen-bond donors (Lipinski definition) is 1. The van der Waals surface area contributed by atoms with Gasteiger partial charge in [-0.05, 0) is 24.3 Å². The molecular weight excluding hydrogens is 376 g/mol. The lowest BCUT2D eigenvalue weighted by atomic mass is 10.2. The molecule has 28 heavy (non-hydrogen) atoms. The van der Waals surface area contributed by atoms with Crippen molar-refractivity contribution in [3.63, 3.8) is 0 Å². The van der Waals surface area contributed by atoms with Crippen molar-refractivity contribution in [1.29, 1.82) is 0 Å². The van der Waals surface area contributed by atoms with E-state index in [0.717, 1.165) is 42.7 Å². The Kier molecular flexibility index (Phi) is 5.50. The molecule has 1 N–H and O–H groups in total. The Bertz CT molecular complexity index is 952. The SMILES string of the molecule is COc1ccccc1NC(=O)c1csc(-c2ccc(N3CCOCC3)nc2)n1. The summed E-state index contributed by atoms with van der Waals surface area (Å²) in [5, 5.41) is 5.34.